The molecular formula is C11H12O3. The number of hydrogen-bond acceptors (Lipinski definition) is 2. The summed E-state index contributed by atoms with van der Waals surface area (Å²) in [6, 6.07) is 0. The Morgan fingerprint density at radius 3 is 2.93 bits per heavy atom. The van der Waals surface area contributed by atoms with Crippen LogP contribution in [0.25, 0.3) is 0 Å². The lowest BCUT2D eigenvalue weighted by atomic mass is 9.74. The Hall–Kier alpha value is -1.25. The van der Waals surface area contributed by atoms with Gasteiger partial charge in [0, 0.05) is 11.0 Å². The Bertz CT molecular complexity index is 387. The molecule has 14 heavy (non-hydrogen) atoms. The highest BCUT2D eigenvalue weighted by molar-refractivity contribution is 5.74. The van der Waals surface area contributed by atoms with E-state index in [1.54, 1.807) is 12.5 Å². The van der Waals surface area contributed by atoms with Gasteiger partial charge in [-0.15, -0.1) is 0 Å². The van der Waals surface area contributed by atoms with E-state index in [-0.39, 0.29) is 11.3 Å². The molecule has 1 heterocycles. The summed E-state index contributed by atoms with van der Waals surface area (Å²) in [6.07, 6.45) is 7.16. The van der Waals surface area contributed by atoms with Crippen molar-refractivity contribution in [2.75, 3.05) is 0 Å². The van der Waals surface area contributed by atoms with Crippen LogP contribution in [0.15, 0.2) is 16.9 Å². The summed E-state index contributed by atoms with van der Waals surface area (Å²) >= 11 is 0. The van der Waals surface area contributed by atoms with Crippen LogP contribution >= 0.6 is 0 Å². The number of carbonyl (C=O) groups is 1. The van der Waals surface area contributed by atoms with Crippen molar-refractivity contribution in [2.45, 2.75) is 31.1 Å². The Morgan fingerprint density at radius 2 is 2.29 bits per heavy atom. The summed E-state index contributed by atoms with van der Waals surface area (Å²) in [7, 11) is 0. The fraction of sp³-hybridized carbons (Fsp3) is 0.545. The van der Waals surface area contributed by atoms with E-state index in [4.69, 9.17) is 9.52 Å². The van der Waals surface area contributed by atoms with Gasteiger partial charge in [-0.25, -0.2) is 0 Å². The molecule has 1 N–H and O–H groups in total. The molecule has 1 unspecified atom stereocenters. The molecule has 2 aliphatic rings. The number of carboxylic acid groups (broad SMARTS) is 1. The number of hydrogen-bond donors (Lipinski definition) is 1. The molecule has 0 aliphatic heterocycles. The minimum atomic E-state index is -0.644. The zero-order chi connectivity index (χ0) is 9.76. The van der Waals surface area contributed by atoms with Crippen LogP contribution in [0.5, 0.6) is 0 Å². The number of aliphatic carboxylic acids is 1. The number of rotatable bonds is 1. The SMILES string of the molecule is O=C(O)C1CCc2cocc2C12CC2. The van der Waals surface area contributed by atoms with Gasteiger partial charge in [-0.05, 0) is 31.2 Å². The minimum Gasteiger partial charge on any atom is -0.481 e. The molecule has 1 aromatic heterocycles. The van der Waals surface area contributed by atoms with E-state index < -0.39 is 5.97 Å². The number of carboxylic acids is 1. The van der Waals surface area contributed by atoms with Crippen LogP contribution in [0.3, 0.4) is 0 Å². The highest BCUT2D eigenvalue weighted by atomic mass is 16.4. The van der Waals surface area contributed by atoms with Crippen LogP contribution in [0.2, 0.25) is 0 Å². The average Bonchev–Trinajstić information content (AvgIpc) is 2.77. The van der Waals surface area contributed by atoms with Crippen LogP contribution in [-0.2, 0) is 16.6 Å². The van der Waals surface area contributed by atoms with Crippen LogP contribution in [0.1, 0.15) is 30.4 Å². The number of fused-ring (bicyclic) bond motifs is 2. The van der Waals surface area contributed by atoms with Crippen LogP contribution in [-0.4, -0.2) is 11.1 Å². The van der Waals surface area contributed by atoms with Crippen molar-refractivity contribution in [2.24, 2.45) is 5.92 Å². The van der Waals surface area contributed by atoms with Gasteiger partial charge >= 0.3 is 5.97 Å². The van der Waals surface area contributed by atoms with E-state index >= 15 is 0 Å². The molecule has 1 saturated carbocycles. The molecular weight excluding hydrogens is 180 g/mol. The van der Waals surface area contributed by atoms with Gasteiger partial charge in [-0.2, -0.15) is 0 Å². The first-order chi connectivity index (χ1) is 6.74. The predicted octanol–water partition coefficient (Wildman–Crippen LogP) is 1.96. The quantitative estimate of drug-likeness (QED) is 0.739. The van der Waals surface area contributed by atoms with E-state index in [2.05, 4.69) is 0 Å². The van der Waals surface area contributed by atoms with E-state index in [1.165, 1.54) is 5.56 Å². The lowest BCUT2D eigenvalue weighted by Gasteiger charge is -2.28. The molecule has 74 valence electrons. The monoisotopic (exact) mass is 192 g/mol. The third-order valence-electron chi connectivity index (χ3n) is 3.73. The van der Waals surface area contributed by atoms with Gasteiger partial charge in [0.25, 0.3) is 0 Å². The zero-order valence-corrected chi connectivity index (χ0v) is 7.82. The smallest absolute Gasteiger partial charge is 0.307 e. The standard InChI is InChI=1S/C11H12O3/c12-10(13)8-2-1-7-5-14-6-9(7)11(8)3-4-11/h5-6,8H,1-4H2,(H,12,13). The van der Waals surface area contributed by atoms with Crippen molar-refractivity contribution in [3.63, 3.8) is 0 Å². The first-order valence-electron chi connectivity index (χ1n) is 5.02. The molecule has 0 saturated heterocycles. The molecule has 3 heteroatoms. The van der Waals surface area contributed by atoms with Crippen LogP contribution < -0.4 is 0 Å². The fourth-order valence-electron chi connectivity index (χ4n) is 2.83. The van der Waals surface area contributed by atoms with Gasteiger partial charge in [0.1, 0.15) is 0 Å². The summed E-state index contributed by atoms with van der Waals surface area (Å²) in [5.41, 5.74) is 2.32. The highest BCUT2D eigenvalue weighted by Gasteiger charge is 2.56. The second-order valence-corrected chi connectivity index (χ2v) is 4.40. The summed E-state index contributed by atoms with van der Waals surface area (Å²) in [5.74, 6) is -0.832. The second kappa shape index (κ2) is 2.41. The van der Waals surface area contributed by atoms with E-state index in [9.17, 15) is 4.79 Å². The van der Waals surface area contributed by atoms with Crippen LogP contribution in [0, 0.1) is 5.92 Å². The Morgan fingerprint density at radius 1 is 1.50 bits per heavy atom. The maximum absolute atomic E-state index is 11.1. The van der Waals surface area contributed by atoms with Crippen molar-refractivity contribution >= 4 is 5.97 Å². The number of aryl methyl sites for hydroxylation is 1. The Labute approximate surface area is 81.7 Å². The third kappa shape index (κ3) is 0.846. The Balaban J connectivity index is 2.08. The molecule has 2 aliphatic carbocycles. The average molecular weight is 192 g/mol. The first kappa shape index (κ1) is 8.09. The molecule has 1 fully saturated rings. The van der Waals surface area contributed by atoms with Crippen molar-refractivity contribution < 1.29 is 14.3 Å². The van der Waals surface area contributed by atoms with Crippen LogP contribution in [0.4, 0.5) is 0 Å². The van der Waals surface area contributed by atoms with Crippen molar-refractivity contribution in [3.8, 4) is 0 Å². The first-order valence-corrected chi connectivity index (χ1v) is 5.02. The zero-order valence-electron chi connectivity index (χ0n) is 7.82. The third-order valence-corrected chi connectivity index (χ3v) is 3.73. The summed E-state index contributed by atoms with van der Waals surface area (Å²) < 4.78 is 5.18. The largest absolute Gasteiger partial charge is 0.481 e. The van der Waals surface area contributed by atoms with E-state index in [0.29, 0.717) is 0 Å². The normalized spacial score (nSPS) is 27.3. The maximum Gasteiger partial charge on any atom is 0.307 e. The van der Waals surface area contributed by atoms with Gasteiger partial charge in [0.15, 0.2) is 0 Å². The Kier molecular flexibility index (Phi) is 1.39. The van der Waals surface area contributed by atoms with Gasteiger partial charge < -0.3 is 9.52 Å². The minimum absolute atomic E-state index is 0.0631. The molecule has 0 amide bonds. The van der Waals surface area contributed by atoms with E-state index in [0.717, 1.165) is 31.2 Å². The molecule has 3 rings (SSSR count). The van der Waals surface area contributed by atoms with Gasteiger partial charge in [0.2, 0.25) is 0 Å². The van der Waals surface area contributed by atoms with Gasteiger partial charge in [-0.1, -0.05) is 0 Å². The summed E-state index contributed by atoms with van der Waals surface area (Å²) in [4.78, 5) is 11.1. The topological polar surface area (TPSA) is 50.4 Å². The molecule has 0 bridgehead atoms. The lowest BCUT2D eigenvalue weighted by molar-refractivity contribution is -0.143. The highest BCUT2D eigenvalue weighted by Crippen LogP contribution is 2.58. The summed E-state index contributed by atoms with van der Waals surface area (Å²) in [5, 5.41) is 9.15. The molecule has 3 nitrogen and oxygen atoms in total. The fourth-order valence-corrected chi connectivity index (χ4v) is 2.83. The van der Waals surface area contributed by atoms with Crippen molar-refractivity contribution in [1.82, 2.24) is 0 Å². The maximum atomic E-state index is 11.1. The van der Waals surface area contributed by atoms with E-state index in [1.807, 2.05) is 0 Å². The number of furan rings is 1. The van der Waals surface area contributed by atoms with Gasteiger partial charge in [-0.3, -0.25) is 4.79 Å². The van der Waals surface area contributed by atoms with Crippen molar-refractivity contribution in [3.05, 3.63) is 23.7 Å². The lowest BCUT2D eigenvalue weighted by Crippen LogP contribution is -2.32. The van der Waals surface area contributed by atoms with Crippen molar-refractivity contribution in [1.29, 1.82) is 0 Å². The van der Waals surface area contributed by atoms with Gasteiger partial charge in [0.05, 0.1) is 18.4 Å². The molecule has 0 aromatic carbocycles. The summed E-state index contributed by atoms with van der Waals surface area (Å²) in [6.45, 7) is 0. The molecule has 1 aromatic rings. The molecule has 0 radical (unpaired) electrons. The molecule has 1 atom stereocenters. The molecule has 1 spiro atoms. The predicted molar refractivity (Wildman–Crippen MR) is 49.1 cm³/mol. The second-order valence-electron chi connectivity index (χ2n) is 4.40.